The van der Waals surface area contributed by atoms with Crippen LogP contribution in [0.1, 0.15) is 19.3 Å². The van der Waals surface area contributed by atoms with E-state index in [-0.39, 0.29) is 36.2 Å². The number of nitrogens with one attached hydrogen (secondary N) is 2. The Kier molecular flexibility index (Phi) is 8.85. The molecular weight excluding hydrogens is 362 g/mol. The molecule has 2 aromatic carbocycles. The molecule has 0 saturated carbocycles. The lowest BCUT2D eigenvalue weighted by atomic mass is 10.1. The highest BCUT2D eigenvalue weighted by Gasteiger charge is 2.14. The Balaban J connectivity index is 0.00000312. The molecule has 0 aliphatic rings. The molecule has 0 bridgehead atoms. The third kappa shape index (κ3) is 6.62. The van der Waals surface area contributed by atoms with Gasteiger partial charge in [-0.2, -0.15) is 0 Å². The number of rotatable bonds is 9. The van der Waals surface area contributed by atoms with Crippen molar-refractivity contribution >= 4 is 39.1 Å². The average Bonchev–Trinajstić information content (AvgIpc) is 2.58. The van der Waals surface area contributed by atoms with Crippen molar-refractivity contribution in [2.24, 2.45) is 5.73 Å². The van der Waals surface area contributed by atoms with E-state index in [2.05, 4.69) is 10.0 Å². The molecule has 0 unspecified atom stereocenters. The van der Waals surface area contributed by atoms with Crippen LogP contribution in [0, 0.1) is 0 Å². The molecule has 0 aromatic heterocycles. The predicted octanol–water partition coefficient (Wildman–Crippen LogP) is 1.79. The van der Waals surface area contributed by atoms with Gasteiger partial charge in [-0.15, -0.1) is 12.4 Å². The third-order valence-corrected chi connectivity index (χ3v) is 5.09. The van der Waals surface area contributed by atoms with Gasteiger partial charge >= 0.3 is 0 Å². The molecule has 1 amide bonds. The summed E-state index contributed by atoms with van der Waals surface area (Å²) in [7, 11) is -3.62. The summed E-state index contributed by atoms with van der Waals surface area (Å²) in [6, 6.07) is 12.5. The highest BCUT2D eigenvalue weighted by Crippen LogP contribution is 2.18. The first-order valence-electron chi connectivity index (χ1n) is 7.98. The lowest BCUT2D eigenvalue weighted by Gasteiger charge is -2.08. The molecule has 0 fully saturated rings. The lowest BCUT2D eigenvalue weighted by Crippen LogP contribution is -2.31. The van der Waals surface area contributed by atoms with Gasteiger partial charge in [0.2, 0.25) is 15.9 Å². The topological polar surface area (TPSA) is 101 Å². The minimum absolute atomic E-state index is 0. The number of carbonyl (C=O) groups is 1. The normalized spacial score (nSPS) is 11.1. The summed E-state index contributed by atoms with van der Waals surface area (Å²) >= 11 is 0. The Morgan fingerprint density at radius 1 is 1.00 bits per heavy atom. The molecule has 6 nitrogen and oxygen atoms in total. The van der Waals surface area contributed by atoms with Crippen LogP contribution in [0.5, 0.6) is 0 Å². The molecule has 4 N–H and O–H groups in total. The molecule has 2 aromatic rings. The summed E-state index contributed by atoms with van der Waals surface area (Å²) in [5.41, 5.74) is 5.37. The Bertz CT molecular complexity index is 797. The van der Waals surface area contributed by atoms with Crippen molar-refractivity contribution in [1.29, 1.82) is 0 Å². The molecule has 0 heterocycles. The number of fused-ring (bicyclic) bond motifs is 1. The minimum atomic E-state index is -3.62. The van der Waals surface area contributed by atoms with Crippen LogP contribution in [-0.4, -0.2) is 34.0 Å². The van der Waals surface area contributed by atoms with Crippen molar-refractivity contribution in [2.45, 2.75) is 24.2 Å². The Morgan fingerprint density at radius 3 is 2.44 bits per heavy atom. The van der Waals surface area contributed by atoms with Crippen molar-refractivity contribution in [3.63, 3.8) is 0 Å². The van der Waals surface area contributed by atoms with Crippen LogP contribution in [0.4, 0.5) is 0 Å². The Morgan fingerprint density at radius 2 is 1.72 bits per heavy atom. The number of sulfonamides is 1. The maximum atomic E-state index is 12.3. The largest absolute Gasteiger partial charge is 0.356 e. The second-order valence-corrected chi connectivity index (χ2v) is 7.27. The van der Waals surface area contributed by atoms with Crippen molar-refractivity contribution in [3.8, 4) is 0 Å². The van der Waals surface area contributed by atoms with Gasteiger partial charge < -0.3 is 11.1 Å². The highest BCUT2D eigenvalue weighted by molar-refractivity contribution is 7.89. The maximum Gasteiger partial charge on any atom is 0.240 e. The predicted molar refractivity (Wildman–Crippen MR) is 102 cm³/mol. The van der Waals surface area contributed by atoms with Crippen LogP contribution in [0.2, 0.25) is 0 Å². The Labute approximate surface area is 154 Å². The average molecular weight is 386 g/mol. The van der Waals surface area contributed by atoms with Gasteiger partial charge in [0.1, 0.15) is 0 Å². The van der Waals surface area contributed by atoms with Crippen LogP contribution >= 0.6 is 12.4 Å². The van der Waals surface area contributed by atoms with Crippen molar-refractivity contribution < 1.29 is 13.2 Å². The SMILES string of the molecule is Cl.NCCCCNC(=O)CCNS(=O)(=O)c1ccc2ccccc2c1. The molecule has 25 heavy (non-hydrogen) atoms. The van der Waals surface area contributed by atoms with Gasteiger partial charge in [0.25, 0.3) is 0 Å². The van der Waals surface area contributed by atoms with Crippen LogP contribution in [0.25, 0.3) is 10.8 Å². The second kappa shape index (κ2) is 10.4. The van der Waals surface area contributed by atoms with Crippen molar-refractivity contribution in [1.82, 2.24) is 10.0 Å². The summed E-state index contributed by atoms with van der Waals surface area (Å²) in [5, 5.41) is 4.58. The Hall–Kier alpha value is -1.67. The minimum Gasteiger partial charge on any atom is -0.356 e. The fourth-order valence-corrected chi connectivity index (χ4v) is 3.37. The van der Waals surface area contributed by atoms with Gasteiger partial charge in [-0.05, 0) is 42.3 Å². The monoisotopic (exact) mass is 385 g/mol. The summed E-state index contributed by atoms with van der Waals surface area (Å²) in [5.74, 6) is -0.173. The van der Waals surface area contributed by atoms with E-state index < -0.39 is 10.0 Å². The number of hydrogen-bond donors (Lipinski definition) is 3. The summed E-state index contributed by atoms with van der Waals surface area (Å²) < 4.78 is 27.1. The van der Waals surface area contributed by atoms with Crippen LogP contribution < -0.4 is 15.8 Å². The summed E-state index contributed by atoms with van der Waals surface area (Å²) in [6.07, 6.45) is 1.79. The standard InChI is InChI=1S/C17H23N3O3S.ClH/c18-10-3-4-11-19-17(21)9-12-20-24(22,23)16-8-7-14-5-1-2-6-15(14)13-16;/h1-2,5-8,13,20H,3-4,9-12,18H2,(H,19,21);1H. The van der Waals surface area contributed by atoms with Crippen LogP contribution in [0.15, 0.2) is 47.4 Å². The first-order valence-corrected chi connectivity index (χ1v) is 9.46. The first kappa shape index (κ1) is 21.4. The number of hydrogen-bond acceptors (Lipinski definition) is 4. The molecule has 0 aliphatic carbocycles. The van der Waals surface area contributed by atoms with Gasteiger partial charge in [-0.3, -0.25) is 4.79 Å². The van der Waals surface area contributed by atoms with Gasteiger partial charge in [0, 0.05) is 19.5 Å². The van der Waals surface area contributed by atoms with E-state index in [1.807, 2.05) is 24.3 Å². The summed E-state index contributed by atoms with van der Waals surface area (Å²) in [6.45, 7) is 1.23. The van der Waals surface area contributed by atoms with Gasteiger partial charge in [0.05, 0.1) is 4.90 Å². The lowest BCUT2D eigenvalue weighted by molar-refractivity contribution is -0.120. The zero-order valence-corrected chi connectivity index (χ0v) is 15.5. The molecule has 138 valence electrons. The van der Waals surface area contributed by atoms with Gasteiger partial charge in [0.15, 0.2) is 0 Å². The van der Waals surface area contributed by atoms with E-state index in [1.54, 1.807) is 18.2 Å². The quantitative estimate of drug-likeness (QED) is 0.572. The fraction of sp³-hybridized carbons (Fsp3) is 0.353. The van der Waals surface area contributed by atoms with E-state index in [9.17, 15) is 13.2 Å². The second-order valence-electron chi connectivity index (χ2n) is 5.50. The number of nitrogens with two attached hydrogens (primary N) is 1. The van der Waals surface area contributed by atoms with Crippen LogP contribution in [0.3, 0.4) is 0 Å². The zero-order chi connectivity index (χ0) is 17.4. The molecule has 0 saturated heterocycles. The van der Waals surface area contributed by atoms with Gasteiger partial charge in [-0.25, -0.2) is 13.1 Å². The molecule has 8 heteroatoms. The van der Waals surface area contributed by atoms with Crippen molar-refractivity contribution in [3.05, 3.63) is 42.5 Å². The molecule has 0 aliphatic heterocycles. The zero-order valence-electron chi connectivity index (χ0n) is 13.9. The number of carbonyl (C=O) groups excluding carboxylic acids is 1. The van der Waals surface area contributed by atoms with E-state index in [0.717, 1.165) is 23.6 Å². The van der Waals surface area contributed by atoms with E-state index in [0.29, 0.717) is 13.1 Å². The van der Waals surface area contributed by atoms with Crippen molar-refractivity contribution in [2.75, 3.05) is 19.6 Å². The molecule has 0 spiro atoms. The summed E-state index contributed by atoms with van der Waals surface area (Å²) in [4.78, 5) is 11.8. The van der Waals surface area contributed by atoms with E-state index >= 15 is 0 Å². The maximum absolute atomic E-state index is 12.3. The number of amides is 1. The first-order chi connectivity index (χ1) is 11.5. The molecule has 0 atom stereocenters. The number of unbranched alkanes of at least 4 members (excludes halogenated alkanes) is 1. The van der Waals surface area contributed by atoms with Gasteiger partial charge in [-0.1, -0.05) is 30.3 Å². The van der Waals surface area contributed by atoms with E-state index in [4.69, 9.17) is 5.73 Å². The molecule has 0 radical (unpaired) electrons. The number of benzene rings is 2. The van der Waals surface area contributed by atoms with Crippen LogP contribution in [-0.2, 0) is 14.8 Å². The fourth-order valence-electron chi connectivity index (χ4n) is 2.30. The number of halogens is 1. The third-order valence-electron chi connectivity index (χ3n) is 3.63. The smallest absolute Gasteiger partial charge is 0.240 e. The molecule has 2 rings (SSSR count). The highest BCUT2D eigenvalue weighted by atomic mass is 35.5. The van der Waals surface area contributed by atoms with E-state index in [1.165, 1.54) is 0 Å². The molecular formula is C17H24ClN3O3S.